The average molecular weight is 565 g/mol. The lowest BCUT2D eigenvalue weighted by Crippen LogP contribution is -2.54. The van der Waals surface area contributed by atoms with Gasteiger partial charge in [-0.2, -0.15) is 17.4 Å². The number of likely N-dealkylation sites (N-methyl/N-ethyl adjacent to an activating group) is 1. The summed E-state index contributed by atoms with van der Waals surface area (Å²) in [4.78, 5) is 26.3. The molecule has 1 aliphatic rings. The third-order valence-electron chi connectivity index (χ3n) is 6.53. The molecule has 0 radical (unpaired) electrons. The second-order valence-electron chi connectivity index (χ2n) is 9.67. The molecule has 3 aromatic rings. The molecule has 3 aromatic carbocycles. The topological polar surface area (TPSA) is 119 Å². The number of nitrogens with zero attached hydrogens (tertiary/aromatic N) is 3. The number of amides is 1. The van der Waals surface area contributed by atoms with Crippen LogP contribution >= 0.6 is 0 Å². The first-order chi connectivity index (χ1) is 19.0. The summed E-state index contributed by atoms with van der Waals surface area (Å²) in [7, 11) is -0.482. The molecule has 10 nitrogen and oxygen atoms in total. The SMILES string of the molecule is CC(NS(=O)(=O)N1CCN(c2ccc(C#Cc3ccc4cc(OCC(=O)N(C)C)ccc4c3)cc2)CC1)C(=O)O. The van der Waals surface area contributed by atoms with Crippen LogP contribution < -0.4 is 14.4 Å². The number of piperazine rings is 1. The van der Waals surface area contributed by atoms with Crippen molar-refractivity contribution in [1.82, 2.24) is 13.9 Å². The van der Waals surface area contributed by atoms with Gasteiger partial charge in [0.15, 0.2) is 6.61 Å². The highest BCUT2D eigenvalue weighted by Crippen LogP contribution is 2.22. The lowest BCUT2D eigenvalue weighted by Gasteiger charge is -2.35. The van der Waals surface area contributed by atoms with Crippen molar-refractivity contribution in [3.05, 3.63) is 71.8 Å². The highest BCUT2D eigenvalue weighted by Gasteiger charge is 2.29. The summed E-state index contributed by atoms with van der Waals surface area (Å²) >= 11 is 0. The van der Waals surface area contributed by atoms with Crippen molar-refractivity contribution in [1.29, 1.82) is 0 Å². The van der Waals surface area contributed by atoms with Gasteiger partial charge in [-0.25, -0.2) is 0 Å². The first-order valence-corrected chi connectivity index (χ1v) is 14.2. The van der Waals surface area contributed by atoms with Crippen LogP contribution in [0.3, 0.4) is 0 Å². The van der Waals surface area contributed by atoms with Crippen molar-refractivity contribution in [2.75, 3.05) is 51.8 Å². The Morgan fingerprint density at radius 2 is 1.55 bits per heavy atom. The van der Waals surface area contributed by atoms with E-state index in [2.05, 4.69) is 21.5 Å². The maximum Gasteiger partial charge on any atom is 0.321 e. The Morgan fingerprint density at radius 3 is 2.20 bits per heavy atom. The Labute approximate surface area is 234 Å². The number of hydrogen-bond acceptors (Lipinski definition) is 6. The van der Waals surface area contributed by atoms with Crippen LogP contribution in [0, 0.1) is 11.8 Å². The van der Waals surface area contributed by atoms with Crippen LogP contribution in [0.25, 0.3) is 10.8 Å². The van der Waals surface area contributed by atoms with Gasteiger partial charge in [-0.15, -0.1) is 0 Å². The number of fused-ring (bicyclic) bond motifs is 1. The fourth-order valence-corrected chi connectivity index (χ4v) is 5.44. The van der Waals surface area contributed by atoms with Gasteiger partial charge in [0, 0.05) is 57.1 Å². The molecule has 1 aliphatic heterocycles. The van der Waals surface area contributed by atoms with E-state index in [0.29, 0.717) is 18.8 Å². The molecule has 0 bridgehead atoms. The second-order valence-corrected chi connectivity index (χ2v) is 11.4. The fourth-order valence-electron chi connectivity index (χ4n) is 4.10. The van der Waals surface area contributed by atoms with Gasteiger partial charge in [0.05, 0.1) is 0 Å². The third kappa shape index (κ3) is 7.30. The summed E-state index contributed by atoms with van der Waals surface area (Å²) in [6.45, 7) is 2.78. The maximum atomic E-state index is 12.4. The molecule has 210 valence electrons. The van der Waals surface area contributed by atoms with Crippen LogP contribution in [0.15, 0.2) is 60.7 Å². The Balaban J connectivity index is 1.35. The molecular formula is C29H32N4O6S. The minimum absolute atomic E-state index is 0.00954. The molecule has 1 unspecified atom stereocenters. The summed E-state index contributed by atoms with van der Waals surface area (Å²) in [5.74, 6) is 5.69. The van der Waals surface area contributed by atoms with Crippen molar-refractivity contribution in [3.63, 3.8) is 0 Å². The van der Waals surface area contributed by atoms with Crippen molar-refractivity contribution in [2.24, 2.45) is 0 Å². The standard InChI is InChI=1S/C29H32N4O6S/c1-21(29(35)36)30-40(37,38)33-16-14-32(15-17-33)26-11-7-22(8-12-26)4-5-23-6-9-25-19-27(13-10-24(25)18-23)39-20-28(34)31(2)3/h6-13,18-19,21,30H,14-17,20H2,1-3H3,(H,35,36). The van der Waals surface area contributed by atoms with E-state index in [1.165, 1.54) is 16.1 Å². The van der Waals surface area contributed by atoms with Crippen LogP contribution in [-0.2, 0) is 19.8 Å². The van der Waals surface area contributed by atoms with Gasteiger partial charge in [-0.05, 0) is 66.2 Å². The Bertz CT molecular complexity index is 1550. The molecule has 40 heavy (non-hydrogen) atoms. The predicted molar refractivity (Wildman–Crippen MR) is 153 cm³/mol. The van der Waals surface area contributed by atoms with Gasteiger partial charge >= 0.3 is 5.97 Å². The number of aliphatic carboxylic acids is 1. The first kappa shape index (κ1) is 28.9. The highest BCUT2D eigenvalue weighted by atomic mass is 32.2. The van der Waals surface area contributed by atoms with Gasteiger partial charge < -0.3 is 19.6 Å². The van der Waals surface area contributed by atoms with E-state index in [-0.39, 0.29) is 25.6 Å². The van der Waals surface area contributed by atoms with Gasteiger partial charge in [0.25, 0.3) is 16.1 Å². The number of hydrogen-bond donors (Lipinski definition) is 2. The molecular weight excluding hydrogens is 532 g/mol. The molecule has 0 aromatic heterocycles. The smallest absolute Gasteiger partial charge is 0.321 e. The van der Waals surface area contributed by atoms with Gasteiger partial charge in [0.1, 0.15) is 11.8 Å². The highest BCUT2D eigenvalue weighted by molar-refractivity contribution is 7.87. The molecule has 0 spiro atoms. The number of nitrogens with one attached hydrogen (secondary N) is 1. The first-order valence-electron chi connectivity index (χ1n) is 12.8. The summed E-state index contributed by atoms with van der Waals surface area (Å²) < 4.78 is 33.9. The van der Waals surface area contributed by atoms with E-state index < -0.39 is 22.2 Å². The number of rotatable bonds is 8. The molecule has 1 heterocycles. The van der Waals surface area contributed by atoms with Crippen LogP contribution in [0.1, 0.15) is 18.1 Å². The number of carboxylic acids is 1. The zero-order valence-corrected chi connectivity index (χ0v) is 23.4. The van der Waals surface area contributed by atoms with Gasteiger partial charge in [-0.3, -0.25) is 9.59 Å². The summed E-state index contributed by atoms with van der Waals surface area (Å²) in [6.07, 6.45) is 0. The normalized spacial score (nSPS) is 14.7. The quantitative estimate of drug-likeness (QED) is 0.403. The number of anilines is 1. The molecule has 4 rings (SSSR count). The lowest BCUT2D eigenvalue weighted by molar-refractivity contribution is -0.138. The summed E-state index contributed by atoms with van der Waals surface area (Å²) in [5.41, 5.74) is 2.69. The molecule has 1 atom stereocenters. The summed E-state index contributed by atoms with van der Waals surface area (Å²) in [5, 5.41) is 11.0. The van der Waals surface area contributed by atoms with Crippen molar-refractivity contribution in [3.8, 4) is 17.6 Å². The van der Waals surface area contributed by atoms with Crippen LogP contribution in [0.4, 0.5) is 5.69 Å². The minimum atomic E-state index is -3.86. The maximum absolute atomic E-state index is 12.4. The predicted octanol–water partition coefficient (Wildman–Crippen LogP) is 2.14. The number of carbonyl (C=O) groups is 2. The second kappa shape index (κ2) is 12.4. The van der Waals surface area contributed by atoms with Crippen LogP contribution in [-0.4, -0.2) is 87.5 Å². The Hall–Kier alpha value is -4.11. The van der Waals surface area contributed by atoms with Gasteiger partial charge in [0.2, 0.25) is 0 Å². The largest absolute Gasteiger partial charge is 0.484 e. The third-order valence-corrected chi connectivity index (χ3v) is 8.23. The van der Waals surface area contributed by atoms with Crippen molar-refractivity contribution >= 4 is 38.5 Å². The van der Waals surface area contributed by atoms with E-state index in [1.54, 1.807) is 14.1 Å². The van der Waals surface area contributed by atoms with E-state index in [1.807, 2.05) is 60.7 Å². The zero-order valence-electron chi connectivity index (χ0n) is 22.6. The number of benzene rings is 3. The van der Waals surface area contributed by atoms with Crippen molar-refractivity contribution in [2.45, 2.75) is 13.0 Å². The monoisotopic (exact) mass is 564 g/mol. The van der Waals surface area contributed by atoms with Crippen LogP contribution in [0.2, 0.25) is 0 Å². The zero-order chi connectivity index (χ0) is 28.9. The molecule has 1 fully saturated rings. The fraction of sp³-hybridized carbons (Fsp3) is 0.310. The molecule has 0 saturated carbocycles. The van der Waals surface area contributed by atoms with E-state index in [9.17, 15) is 18.0 Å². The van der Waals surface area contributed by atoms with E-state index in [0.717, 1.165) is 27.6 Å². The average Bonchev–Trinajstić information content (AvgIpc) is 2.94. The molecule has 11 heteroatoms. The number of ether oxygens (including phenoxy) is 1. The van der Waals surface area contributed by atoms with Crippen molar-refractivity contribution < 1.29 is 27.9 Å². The molecule has 0 aliphatic carbocycles. The molecule has 2 N–H and O–H groups in total. The molecule has 1 saturated heterocycles. The van der Waals surface area contributed by atoms with E-state index >= 15 is 0 Å². The number of carboxylic acid groups (broad SMARTS) is 1. The van der Waals surface area contributed by atoms with Crippen LogP contribution in [0.5, 0.6) is 5.75 Å². The Kier molecular flexibility index (Phi) is 8.94. The number of carbonyl (C=O) groups excluding carboxylic acids is 1. The van der Waals surface area contributed by atoms with Gasteiger partial charge in [-0.1, -0.05) is 24.0 Å². The molecule has 1 amide bonds. The summed E-state index contributed by atoms with van der Waals surface area (Å²) in [6, 6.07) is 18.2. The minimum Gasteiger partial charge on any atom is -0.484 e. The Morgan fingerprint density at radius 1 is 0.950 bits per heavy atom. The lowest BCUT2D eigenvalue weighted by atomic mass is 10.1. The van der Waals surface area contributed by atoms with E-state index in [4.69, 9.17) is 9.84 Å².